The third-order valence-corrected chi connectivity index (χ3v) is 2.72. The van der Waals surface area contributed by atoms with Crippen molar-refractivity contribution in [1.82, 2.24) is 0 Å². The summed E-state index contributed by atoms with van der Waals surface area (Å²) in [6.45, 7) is 3.93. The molecule has 0 amide bonds. The minimum atomic E-state index is -0.0130. The molecule has 0 atom stereocenters. The number of benzene rings is 2. The van der Waals surface area contributed by atoms with Crippen LogP contribution in [0.3, 0.4) is 0 Å². The van der Waals surface area contributed by atoms with Crippen LogP contribution in [0.1, 0.15) is 24.2 Å². The summed E-state index contributed by atoms with van der Waals surface area (Å²) in [6.07, 6.45) is 0.717. The monoisotopic (exact) mass is 256 g/mol. The van der Waals surface area contributed by atoms with Crippen molar-refractivity contribution in [2.45, 2.75) is 20.0 Å². The van der Waals surface area contributed by atoms with Gasteiger partial charge in [0.1, 0.15) is 11.5 Å². The van der Waals surface area contributed by atoms with E-state index in [0.29, 0.717) is 6.29 Å². The highest BCUT2D eigenvalue weighted by atomic mass is 16.5. The number of hydrogen-bond donors (Lipinski definition) is 1. The summed E-state index contributed by atoms with van der Waals surface area (Å²) >= 11 is 0. The van der Waals surface area contributed by atoms with E-state index >= 15 is 0 Å². The molecule has 3 heteroatoms. The van der Waals surface area contributed by atoms with Gasteiger partial charge in [0.05, 0.1) is 11.7 Å². The van der Waals surface area contributed by atoms with Gasteiger partial charge >= 0.3 is 0 Å². The molecule has 2 rings (SSSR count). The molecule has 1 N–H and O–H groups in total. The van der Waals surface area contributed by atoms with Crippen LogP contribution in [-0.4, -0.2) is 17.5 Å². The molecule has 2 aromatic carbocycles. The normalized spacial score (nSPS) is 10.5. The molecular weight excluding hydrogens is 240 g/mol. The van der Waals surface area contributed by atoms with Gasteiger partial charge in [-0.1, -0.05) is 24.3 Å². The summed E-state index contributed by atoms with van der Waals surface area (Å²) in [5, 5.41) is 9.53. The van der Waals surface area contributed by atoms with Crippen molar-refractivity contribution < 1.29 is 14.6 Å². The first-order chi connectivity index (χ1) is 9.11. The third-order valence-electron chi connectivity index (χ3n) is 2.72. The lowest BCUT2D eigenvalue weighted by Gasteiger charge is -2.14. The Bertz CT molecular complexity index is 588. The van der Waals surface area contributed by atoms with Crippen LogP contribution in [0.25, 0.3) is 11.1 Å². The first-order valence-electron chi connectivity index (χ1n) is 6.16. The van der Waals surface area contributed by atoms with Crippen LogP contribution in [0.5, 0.6) is 11.5 Å². The Hall–Kier alpha value is -2.29. The maximum absolute atomic E-state index is 10.9. The summed E-state index contributed by atoms with van der Waals surface area (Å²) in [5.41, 5.74) is 2.02. The second kappa shape index (κ2) is 5.57. The standard InChI is InChI=1S/C16H16O3/c1-11(2)19-16-6-4-3-5-14(16)12-7-8-15(18)13(9-12)10-17/h3-11,18H,1-2H3. The van der Waals surface area contributed by atoms with Gasteiger partial charge in [0.15, 0.2) is 6.29 Å². The number of aromatic hydroxyl groups is 1. The fourth-order valence-electron chi connectivity index (χ4n) is 1.88. The van der Waals surface area contributed by atoms with E-state index < -0.39 is 0 Å². The SMILES string of the molecule is CC(C)Oc1ccccc1-c1ccc(O)c(C=O)c1. The Morgan fingerprint density at radius 3 is 2.58 bits per heavy atom. The van der Waals surface area contributed by atoms with Gasteiger partial charge < -0.3 is 9.84 Å². The molecule has 0 saturated heterocycles. The molecule has 0 saturated carbocycles. The summed E-state index contributed by atoms with van der Waals surface area (Å²) in [5.74, 6) is 0.751. The summed E-state index contributed by atoms with van der Waals surface area (Å²) in [4.78, 5) is 10.9. The average Bonchev–Trinajstić information content (AvgIpc) is 2.39. The lowest BCUT2D eigenvalue weighted by atomic mass is 10.0. The van der Waals surface area contributed by atoms with Gasteiger partial charge in [0.2, 0.25) is 0 Å². The first kappa shape index (κ1) is 13.1. The molecule has 2 aromatic rings. The zero-order valence-electron chi connectivity index (χ0n) is 11.0. The number of para-hydroxylation sites is 1. The molecule has 0 heterocycles. The molecule has 0 bridgehead atoms. The fraction of sp³-hybridized carbons (Fsp3) is 0.188. The number of hydrogen-bond acceptors (Lipinski definition) is 3. The van der Waals surface area contributed by atoms with Crippen LogP contribution in [0.15, 0.2) is 42.5 Å². The van der Waals surface area contributed by atoms with E-state index in [1.807, 2.05) is 38.1 Å². The highest BCUT2D eigenvalue weighted by Crippen LogP contribution is 2.32. The van der Waals surface area contributed by atoms with E-state index in [-0.39, 0.29) is 17.4 Å². The minimum Gasteiger partial charge on any atom is -0.507 e. The molecule has 0 aliphatic rings. The number of carbonyl (C=O) groups is 1. The van der Waals surface area contributed by atoms with Crippen molar-refractivity contribution in [3.05, 3.63) is 48.0 Å². The van der Waals surface area contributed by atoms with Crippen LogP contribution in [0.4, 0.5) is 0 Å². The number of carbonyl (C=O) groups excluding carboxylic acids is 1. The summed E-state index contributed by atoms with van der Waals surface area (Å²) < 4.78 is 5.75. The van der Waals surface area contributed by atoms with Crippen molar-refractivity contribution in [2.75, 3.05) is 0 Å². The fourth-order valence-corrected chi connectivity index (χ4v) is 1.88. The van der Waals surface area contributed by atoms with Crippen LogP contribution in [0, 0.1) is 0 Å². The Morgan fingerprint density at radius 2 is 1.89 bits per heavy atom. The average molecular weight is 256 g/mol. The number of phenols is 1. The topological polar surface area (TPSA) is 46.5 Å². The van der Waals surface area contributed by atoms with Gasteiger partial charge in [-0.25, -0.2) is 0 Å². The lowest BCUT2D eigenvalue weighted by molar-refractivity contribution is 0.112. The zero-order valence-corrected chi connectivity index (χ0v) is 11.0. The Kier molecular flexibility index (Phi) is 3.85. The van der Waals surface area contributed by atoms with Gasteiger partial charge in [-0.05, 0) is 37.6 Å². The van der Waals surface area contributed by atoms with Crippen molar-refractivity contribution in [3.63, 3.8) is 0 Å². The van der Waals surface area contributed by atoms with Gasteiger partial charge in [0, 0.05) is 5.56 Å². The third kappa shape index (κ3) is 2.94. The van der Waals surface area contributed by atoms with E-state index in [2.05, 4.69) is 0 Å². The van der Waals surface area contributed by atoms with Crippen LogP contribution >= 0.6 is 0 Å². The molecular formula is C16H16O3. The predicted octanol–water partition coefficient (Wildman–Crippen LogP) is 3.66. The molecule has 0 spiro atoms. The van der Waals surface area contributed by atoms with E-state index in [4.69, 9.17) is 4.74 Å². The molecule has 0 aliphatic carbocycles. The summed E-state index contributed by atoms with van der Waals surface area (Å²) in [7, 11) is 0. The molecule has 0 radical (unpaired) electrons. The largest absolute Gasteiger partial charge is 0.507 e. The highest BCUT2D eigenvalue weighted by molar-refractivity contribution is 5.83. The first-order valence-corrected chi connectivity index (χ1v) is 6.16. The van der Waals surface area contributed by atoms with Gasteiger partial charge in [-0.2, -0.15) is 0 Å². The Morgan fingerprint density at radius 1 is 1.16 bits per heavy atom. The second-order valence-corrected chi connectivity index (χ2v) is 4.55. The smallest absolute Gasteiger partial charge is 0.153 e. The number of ether oxygens (including phenoxy) is 1. The van der Waals surface area contributed by atoms with Crippen molar-refractivity contribution in [1.29, 1.82) is 0 Å². The second-order valence-electron chi connectivity index (χ2n) is 4.55. The van der Waals surface area contributed by atoms with Crippen molar-refractivity contribution in [2.24, 2.45) is 0 Å². The number of rotatable bonds is 4. The van der Waals surface area contributed by atoms with Gasteiger partial charge in [0.25, 0.3) is 0 Å². The van der Waals surface area contributed by atoms with Gasteiger partial charge in [-0.15, -0.1) is 0 Å². The lowest BCUT2D eigenvalue weighted by Crippen LogP contribution is -2.06. The molecule has 19 heavy (non-hydrogen) atoms. The summed E-state index contributed by atoms with van der Waals surface area (Å²) in [6, 6.07) is 12.6. The van der Waals surface area contributed by atoms with Crippen LogP contribution < -0.4 is 4.74 Å². The predicted molar refractivity (Wildman–Crippen MR) is 74.7 cm³/mol. The zero-order chi connectivity index (χ0) is 13.8. The van der Waals surface area contributed by atoms with E-state index in [0.717, 1.165) is 16.9 Å². The quantitative estimate of drug-likeness (QED) is 0.849. The van der Waals surface area contributed by atoms with E-state index in [1.54, 1.807) is 12.1 Å². The van der Waals surface area contributed by atoms with E-state index in [9.17, 15) is 9.90 Å². The van der Waals surface area contributed by atoms with Crippen LogP contribution in [-0.2, 0) is 0 Å². The minimum absolute atomic E-state index is 0.0130. The molecule has 0 fully saturated rings. The maximum Gasteiger partial charge on any atom is 0.153 e. The number of aldehydes is 1. The van der Waals surface area contributed by atoms with E-state index in [1.165, 1.54) is 6.07 Å². The molecule has 0 aromatic heterocycles. The molecule has 3 nitrogen and oxygen atoms in total. The molecule has 98 valence electrons. The molecule has 0 aliphatic heterocycles. The van der Waals surface area contributed by atoms with Crippen molar-refractivity contribution >= 4 is 6.29 Å². The molecule has 0 unspecified atom stereocenters. The number of phenolic OH excluding ortho intramolecular Hbond substituents is 1. The Balaban J connectivity index is 2.49. The highest BCUT2D eigenvalue weighted by Gasteiger charge is 2.09. The Labute approximate surface area is 112 Å². The maximum atomic E-state index is 10.9. The van der Waals surface area contributed by atoms with Gasteiger partial charge in [-0.3, -0.25) is 4.79 Å². The van der Waals surface area contributed by atoms with Crippen LogP contribution in [0.2, 0.25) is 0 Å². The van der Waals surface area contributed by atoms with Crippen molar-refractivity contribution in [3.8, 4) is 22.6 Å².